The summed E-state index contributed by atoms with van der Waals surface area (Å²) in [6.45, 7) is 8.08. The summed E-state index contributed by atoms with van der Waals surface area (Å²) < 4.78 is 0. The van der Waals surface area contributed by atoms with E-state index in [1.807, 2.05) is 0 Å². The molecule has 0 aromatic rings. The second-order valence-corrected chi connectivity index (χ2v) is 4.58. The van der Waals surface area contributed by atoms with E-state index in [9.17, 15) is 9.59 Å². The molecule has 0 atom stereocenters. The molecule has 0 spiro atoms. The van der Waals surface area contributed by atoms with Crippen LogP contribution in [0, 0.1) is 5.41 Å². The number of nitrogens with one attached hydrogen (secondary N) is 2. The molecule has 6 nitrogen and oxygen atoms in total. The van der Waals surface area contributed by atoms with E-state index in [4.69, 9.17) is 5.73 Å². The first-order valence-electron chi connectivity index (χ1n) is 4.85. The minimum Gasteiger partial charge on any atom is -0.670 e. The Hall–Kier alpha value is 0.496. The average Bonchev–Trinajstić information content (AvgIpc) is 2.12. The molecule has 0 aliphatic rings. The van der Waals surface area contributed by atoms with E-state index >= 15 is 0 Å². The maximum Gasteiger partial charge on any atom is 1.00 e. The molecule has 17 heavy (non-hydrogen) atoms. The van der Waals surface area contributed by atoms with E-state index in [1.54, 1.807) is 0 Å². The molecule has 2 N–H and O–H groups in total. The Kier molecular flexibility index (Phi) is 17.2. The van der Waals surface area contributed by atoms with Crippen molar-refractivity contribution in [2.24, 2.45) is 5.41 Å². The minimum atomic E-state index is -0.700. The van der Waals surface area contributed by atoms with Gasteiger partial charge in [-0.05, 0) is 5.41 Å². The van der Waals surface area contributed by atoms with Crippen molar-refractivity contribution < 1.29 is 70.7 Å². The van der Waals surface area contributed by atoms with Gasteiger partial charge in [0.25, 0.3) is 0 Å². The number of amides is 1. The fraction of sp³-hybridized carbons (Fsp3) is 0.800. The summed E-state index contributed by atoms with van der Waals surface area (Å²) in [4.78, 5) is 28.9. The minimum absolute atomic E-state index is 0. The van der Waals surface area contributed by atoms with Gasteiger partial charge in [-0.3, -0.25) is 9.68 Å². The molecule has 0 bridgehead atoms. The Balaban J connectivity index is -0.000000280. The molecule has 0 rings (SSSR count). The van der Waals surface area contributed by atoms with Crippen molar-refractivity contribution in [2.45, 2.75) is 27.7 Å². The van der Waals surface area contributed by atoms with Crippen molar-refractivity contribution in [1.29, 1.82) is 0 Å². The number of carbonyl (C=O) groups excluding carboxylic acids is 2. The van der Waals surface area contributed by atoms with Gasteiger partial charge in [0.2, 0.25) is 0 Å². The molecule has 0 aliphatic heterocycles. The van der Waals surface area contributed by atoms with Crippen LogP contribution in [0.3, 0.4) is 0 Å². The molecule has 0 saturated carbocycles. The summed E-state index contributed by atoms with van der Waals surface area (Å²) >= 11 is 0. The van der Waals surface area contributed by atoms with Gasteiger partial charge in [-0.15, -0.1) is 0 Å². The smallest absolute Gasteiger partial charge is 0.670 e. The molecule has 0 heterocycles. The maximum atomic E-state index is 10.4. The summed E-state index contributed by atoms with van der Waals surface area (Å²) in [7, 11) is 1.18. The third-order valence-electron chi connectivity index (χ3n) is 0.767. The fourth-order valence-corrected chi connectivity index (χ4v) is 0.356. The fourth-order valence-electron chi connectivity index (χ4n) is 0.356. The predicted octanol–water partition coefficient (Wildman–Crippen LogP) is -1.68. The van der Waals surface area contributed by atoms with Gasteiger partial charge in [0.05, 0.1) is 7.11 Å². The molecular formula is C10H21KN2O4. The van der Waals surface area contributed by atoms with Crippen LogP contribution in [0.5, 0.6) is 0 Å². The number of hydrogen-bond donors (Lipinski definition) is 1. The molecule has 7 heteroatoms. The van der Waals surface area contributed by atoms with Crippen LogP contribution in [0.4, 0.5) is 0 Å². The maximum absolute atomic E-state index is 10.4. The van der Waals surface area contributed by atoms with Crippen LogP contribution in [-0.2, 0) is 19.4 Å². The molecule has 0 aromatic carbocycles. The third-order valence-corrected chi connectivity index (χ3v) is 0.767. The number of rotatable bonds is 4. The molecule has 0 saturated heterocycles. The predicted molar refractivity (Wildman–Crippen MR) is 60.4 cm³/mol. The second-order valence-electron chi connectivity index (χ2n) is 4.58. The standard InChI is InChI=1S/C5H9N2O4.C5H12.K/c1-10-11-5(9)3-7-4(8)2-6;1-5(2,3)4;/h6H,2-3H2,1H3,(H,7,8);1-4H3;/q-1;;+1. The third kappa shape index (κ3) is 31.5. The Morgan fingerprint density at radius 3 is 1.94 bits per heavy atom. The number of hydrogen-bond acceptors (Lipinski definition) is 4. The first-order valence-corrected chi connectivity index (χ1v) is 4.85. The van der Waals surface area contributed by atoms with Crippen LogP contribution in [-0.4, -0.2) is 32.1 Å². The van der Waals surface area contributed by atoms with Crippen molar-refractivity contribution in [3.05, 3.63) is 5.73 Å². The number of carbonyl (C=O) groups is 2. The van der Waals surface area contributed by atoms with E-state index in [0.717, 1.165) is 0 Å². The van der Waals surface area contributed by atoms with Crippen LogP contribution in [0.25, 0.3) is 5.73 Å². The molecule has 0 unspecified atom stereocenters. The van der Waals surface area contributed by atoms with E-state index in [1.165, 1.54) is 7.11 Å². The Bertz CT molecular complexity index is 211. The van der Waals surface area contributed by atoms with Gasteiger partial charge in [-0.1, -0.05) is 34.2 Å². The van der Waals surface area contributed by atoms with Gasteiger partial charge in [0, 0.05) is 0 Å². The van der Waals surface area contributed by atoms with Gasteiger partial charge >= 0.3 is 57.4 Å². The van der Waals surface area contributed by atoms with E-state index in [2.05, 4.69) is 42.8 Å². The summed E-state index contributed by atoms with van der Waals surface area (Å²) in [5.74, 6) is -1.23. The molecular weight excluding hydrogens is 251 g/mol. The summed E-state index contributed by atoms with van der Waals surface area (Å²) in [5.41, 5.74) is 7.06. The van der Waals surface area contributed by atoms with E-state index in [-0.39, 0.29) is 57.9 Å². The SMILES string of the molecule is CC(C)(C)C.COOC(=O)CNC(=O)C[NH-].[K+]. The molecule has 1 amide bonds. The zero-order valence-corrected chi connectivity index (χ0v) is 14.7. The largest absolute Gasteiger partial charge is 1.00 e. The Morgan fingerprint density at radius 2 is 1.65 bits per heavy atom. The quantitative estimate of drug-likeness (QED) is 0.376. The second kappa shape index (κ2) is 12.9. The molecule has 0 radical (unpaired) electrons. The topological polar surface area (TPSA) is 88.4 Å². The summed E-state index contributed by atoms with van der Waals surface area (Å²) in [5, 5.41) is 2.14. The van der Waals surface area contributed by atoms with Crippen molar-refractivity contribution in [3.8, 4) is 0 Å². The van der Waals surface area contributed by atoms with Gasteiger partial charge in [0.1, 0.15) is 6.54 Å². The summed E-state index contributed by atoms with van der Waals surface area (Å²) in [6, 6.07) is 0. The molecule has 0 aromatic heterocycles. The Labute approximate surface area is 145 Å². The van der Waals surface area contributed by atoms with E-state index in [0.29, 0.717) is 5.41 Å². The van der Waals surface area contributed by atoms with Gasteiger partial charge < -0.3 is 11.1 Å². The molecule has 96 valence electrons. The molecule has 0 fully saturated rings. The van der Waals surface area contributed by atoms with Gasteiger partial charge in [-0.2, -0.15) is 4.89 Å². The van der Waals surface area contributed by atoms with Gasteiger partial charge in [-0.25, -0.2) is 4.79 Å². The summed E-state index contributed by atoms with van der Waals surface area (Å²) in [6.07, 6.45) is 0. The zero-order chi connectivity index (χ0) is 13.2. The first-order chi connectivity index (χ1) is 7.20. The van der Waals surface area contributed by atoms with Crippen LogP contribution in [0.1, 0.15) is 27.7 Å². The van der Waals surface area contributed by atoms with Crippen molar-refractivity contribution in [2.75, 3.05) is 20.2 Å². The van der Waals surface area contributed by atoms with E-state index < -0.39 is 18.4 Å². The van der Waals surface area contributed by atoms with Gasteiger partial charge in [0.15, 0.2) is 5.91 Å². The van der Waals surface area contributed by atoms with Crippen LogP contribution in [0.15, 0.2) is 0 Å². The normalized spacial score (nSPS) is 9.29. The van der Waals surface area contributed by atoms with Crippen molar-refractivity contribution >= 4 is 11.9 Å². The van der Waals surface area contributed by atoms with Crippen molar-refractivity contribution in [1.82, 2.24) is 5.32 Å². The monoisotopic (exact) mass is 272 g/mol. The van der Waals surface area contributed by atoms with Crippen LogP contribution in [0.2, 0.25) is 0 Å². The van der Waals surface area contributed by atoms with Crippen molar-refractivity contribution in [3.63, 3.8) is 0 Å². The Morgan fingerprint density at radius 1 is 1.24 bits per heavy atom. The first kappa shape index (κ1) is 22.7. The van der Waals surface area contributed by atoms with Crippen LogP contribution < -0.4 is 56.7 Å². The molecule has 0 aliphatic carbocycles. The zero-order valence-electron chi connectivity index (χ0n) is 11.5. The average molecular weight is 272 g/mol. The van der Waals surface area contributed by atoms with Crippen LogP contribution >= 0.6 is 0 Å².